The molecule has 0 bridgehead atoms. The lowest BCUT2D eigenvalue weighted by Gasteiger charge is -2.22. The SMILES string of the molecule is Cc1ccc2oc(C(=O)c3ccc(Sc4ccc(C(CCC5CCCCC5)N=O)cc4)cc3)cc2c1. The van der Waals surface area contributed by atoms with Crippen molar-refractivity contribution >= 4 is 28.5 Å². The van der Waals surface area contributed by atoms with Gasteiger partial charge >= 0.3 is 0 Å². The van der Waals surface area contributed by atoms with Crippen molar-refractivity contribution in [2.24, 2.45) is 11.1 Å². The molecule has 5 rings (SSSR count). The monoisotopic (exact) mass is 497 g/mol. The van der Waals surface area contributed by atoms with Crippen molar-refractivity contribution in [3.63, 3.8) is 0 Å². The molecule has 0 saturated heterocycles. The van der Waals surface area contributed by atoms with E-state index in [0.29, 0.717) is 11.3 Å². The highest BCUT2D eigenvalue weighted by atomic mass is 32.2. The minimum absolute atomic E-state index is 0.120. The van der Waals surface area contributed by atoms with E-state index in [2.05, 4.69) is 5.18 Å². The Morgan fingerprint density at radius 3 is 2.33 bits per heavy atom. The van der Waals surface area contributed by atoms with Gasteiger partial charge in [0.15, 0.2) is 5.76 Å². The van der Waals surface area contributed by atoms with Gasteiger partial charge < -0.3 is 4.42 Å². The molecule has 4 aromatic rings. The van der Waals surface area contributed by atoms with Gasteiger partial charge in [-0.05, 0) is 85.8 Å². The number of carbonyl (C=O) groups excluding carboxylic acids is 1. The Labute approximate surface area is 216 Å². The summed E-state index contributed by atoms with van der Waals surface area (Å²) in [5.74, 6) is 0.988. The van der Waals surface area contributed by atoms with E-state index in [1.165, 1.54) is 32.1 Å². The molecule has 36 heavy (non-hydrogen) atoms. The van der Waals surface area contributed by atoms with Crippen molar-refractivity contribution in [2.75, 3.05) is 0 Å². The Kier molecular flexibility index (Phi) is 7.66. The molecule has 1 aromatic heterocycles. The molecule has 0 aliphatic heterocycles. The molecule has 1 fully saturated rings. The number of carbonyl (C=O) groups is 1. The van der Waals surface area contributed by atoms with Gasteiger partial charge in [-0.25, -0.2) is 0 Å². The zero-order valence-electron chi connectivity index (χ0n) is 20.6. The Hall–Kier alpha value is -3.18. The summed E-state index contributed by atoms with van der Waals surface area (Å²) >= 11 is 1.63. The summed E-state index contributed by atoms with van der Waals surface area (Å²) in [5, 5.41) is 4.37. The molecule has 1 aliphatic rings. The van der Waals surface area contributed by atoms with Crippen LogP contribution in [-0.2, 0) is 0 Å². The third kappa shape index (κ3) is 5.79. The fourth-order valence-electron chi connectivity index (χ4n) is 5.14. The molecule has 0 N–H and O–H groups in total. The lowest BCUT2D eigenvalue weighted by Crippen LogP contribution is -2.07. The fraction of sp³-hybridized carbons (Fsp3) is 0.323. The van der Waals surface area contributed by atoms with Gasteiger partial charge in [0.05, 0.1) is 0 Å². The van der Waals surface area contributed by atoms with Crippen molar-refractivity contribution in [2.45, 2.75) is 67.7 Å². The van der Waals surface area contributed by atoms with E-state index in [4.69, 9.17) is 4.42 Å². The average molecular weight is 498 g/mol. The molecule has 0 spiro atoms. The first-order valence-corrected chi connectivity index (χ1v) is 13.7. The number of furan rings is 1. The van der Waals surface area contributed by atoms with Gasteiger partial charge in [0.1, 0.15) is 11.6 Å². The number of rotatable bonds is 9. The molecule has 1 aliphatic carbocycles. The van der Waals surface area contributed by atoms with Crippen LogP contribution in [0.2, 0.25) is 0 Å². The number of aryl methyl sites for hydroxylation is 1. The highest BCUT2D eigenvalue weighted by Crippen LogP contribution is 2.34. The molecule has 1 atom stereocenters. The summed E-state index contributed by atoms with van der Waals surface area (Å²) in [5.41, 5.74) is 3.45. The molecule has 0 amide bonds. The normalized spacial score (nSPS) is 15.1. The first-order valence-electron chi connectivity index (χ1n) is 12.8. The van der Waals surface area contributed by atoms with Gasteiger partial charge in [0.25, 0.3) is 0 Å². The van der Waals surface area contributed by atoms with Crippen molar-refractivity contribution in [3.05, 3.63) is 100 Å². The molecule has 1 saturated carbocycles. The second-order valence-corrected chi connectivity index (χ2v) is 11.0. The van der Waals surface area contributed by atoms with Crippen molar-refractivity contribution in [3.8, 4) is 0 Å². The van der Waals surface area contributed by atoms with Crippen LogP contribution in [-0.4, -0.2) is 5.78 Å². The van der Waals surface area contributed by atoms with Crippen LogP contribution in [0.1, 0.15) is 78.2 Å². The molecular weight excluding hydrogens is 466 g/mol. The van der Waals surface area contributed by atoms with Crippen LogP contribution in [0.25, 0.3) is 11.0 Å². The molecule has 5 heteroatoms. The fourth-order valence-corrected chi connectivity index (χ4v) is 5.95. The van der Waals surface area contributed by atoms with E-state index >= 15 is 0 Å². The Bertz CT molecular complexity index is 1330. The number of hydrogen-bond donors (Lipinski definition) is 0. The van der Waals surface area contributed by atoms with E-state index < -0.39 is 0 Å². The summed E-state index contributed by atoms with van der Waals surface area (Å²) in [4.78, 5) is 26.6. The van der Waals surface area contributed by atoms with Gasteiger partial charge in [-0.2, -0.15) is 4.91 Å². The molecule has 3 aromatic carbocycles. The summed E-state index contributed by atoms with van der Waals surface area (Å²) in [6, 6.07) is 23.2. The average Bonchev–Trinajstić information content (AvgIpc) is 3.34. The number of hydrogen-bond acceptors (Lipinski definition) is 5. The largest absolute Gasteiger partial charge is 0.453 e. The minimum atomic E-state index is -0.265. The molecule has 0 radical (unpaired) electrons. The van der Waals surface area contributed by atoms with Gasteiger partial charge in [-0.3, -0.25) is 4.79 Å². The molecule has 184 valence electrons. The van der Waals surface area contributed by atoms with Gasteiger partial charge in [-0.1, -0.05) is 72.8 Å². The molecule has 4 nitrogen and oxygen atoms in total. The topological polar surface area (TPSA) is 59.6 Å². The van der Waals surface area contributed by atoms with E-state index in [1.54, 1.807) is 11.8 Å². The van der Waals surface area contributed by atoms with Crippen LogP contribution in [0.15, 0.2) is 92.2 Å². The lowest BCUT2D eigenvalue weighted by atomic mass is 9.84. The van der Waals surface area contributed by atoms with Crippen molar-refractivity contribution < 1.29 is 9.21 Å². The summed E-state index contributed by atoms with van der Waals surface area (Å²) in [6.07, 6.45) is 8.51. The quantitative estimate of drug-likeness (QED) is 0.171. The van der Waals surface area contributed by atoms with Crippen LogP contribution in [0.4, 0.5) is 0 Å². The molecular formula is C31H31NO3S. The van der Waals surface area contributed by atoms with Crippen LogP contribution in [0, 0.1) is 17.7 Å². The first-order chi connectivity index (χ1) is 17.6. The standard InChI is InChI=1S/C31H31NO3S/c1-21-7-18-29-25(19-21)20-30(35-29)31(33)24-11-15-27(16-12-24)36-26-13-9-23(10-14-26)28(32-34)17-8-22-5-3-2-4-6-22/h7,9-16,18-20,22,28H,2-6,8,17H2,1H3. The first kappa shape index (κ1) is 24.5. The summed E-state index contributed by atoms with van der Waals surface area (Å²) in [7, 11) is 0. The number of nitrogens with zero attached hydrogens (tertiary/aromatic N) is 1. The Morgan fingerprint density at radius 2 is 1.64 bits per heavy atom. The highest BCUT2D eigenvalue weighted by Gasteiger charge is 2.18. The predicted octanol–water partition coefficient (Wildman–Crippen LogP) is 9.29. The molecule has 1 unspecified atom stereocenters. The maximum absolute atomic E-state index is 12.9. The predicted molar refractivity (Wildman–Crippen MR) is 146 cm³/mol. The zero-order valence-corrected chi connectivity index (χ0v) is 21.4. The number of nitroso groups, excluding NO2 is 1. The van der Waals surface area contributed by atoms with E-state index in [0.717, 1.165) is 50.6 Å². The van der Waals surface area contributed by atoms with E-state index in [-0.39, 0.29) is 11.8 Å². The maximum Gasteiger partial charge on any atom is 0.228 e. The van der Waals surface area contributed by atoms with Gasteiger partial charge in [0.2, 0.25) is 5.78 Å². The smallest absolute Gasteiger partial charge is 0.228 e. The Morgan fingerprint density at radius 1 is 0.944 bits per heavy atom. The second-order valence-electron chi connectivity index (χ2n) is 9.88. The zero-order chi connectivity index (χ0) is 24.9. The maximum atomic E-state index is 12.9. The summed E-state index contributed by atoms with van der Waals surface area (Å²) < 4.78 is 5.77. The van der Waals surface area contributed by atoms with Crippen molar-refractivity contribution in [1.82, 2.24) is 0 Å². The van der Waals surface area contributed by atoms with Gasteiger partial charge in [-0.15, -0.1) is 0 Å². The number of fused-ring (bicyclic) bond motifs is 1. The van der Waals surface area contributed by atoms with Gasteiger partial charge in [0, 0.05) is 20.7 Å². The second kappa shape index (κ2) is 11.3. The highest BCUT2D eigenvalue weighted by molar-refractivity contribution is 7.99. The van der Waals surface area contributed by atoms with Crippen LogP contribution in [0.5, 0.6) is 0 Å². The molecule has 1 heterocycles. The van der Waals surface area contributed by atoms with Crippen LogP contribution < -0.4 is 0 Å². The van der Waals surface area contributed by atoms with Crippen LogP contribution in [0.3, 0.4) is 0 Å². The van der Waals surface area contributed by atoms with Crippen molar-refractivity contribution in [1.29, 1.82) is 0 Å². The Balaban J connectivity index is 1.20. The third-order valence-electron chi connectivity index (χ3n) is 7.21. The summed E-state index contributed by atoms with van der Waals surface area (Å²) in [6.45, 7) is 2.02. The van der Waals surface area contributed by atoms with E-state index in [9.17, 15) is 9.70 Å². The third-order valence-corrected chi connectivity index (χ3v) is 8.23. The number of ketones is 1. The number of benzene rings is 3. The minimum Gasteiger partial charge on any atom is -0.453 e. The van der Waals surface area contributed by atoms with E-state index in [1.807, 2.05) is 79.7 Å². The lowest BCUT2D eigenvalue weighted by molar-refractivity contribution is 0.101. The van der Waals surface area contributed by atoms with Crippen LogP contribution >= 0.6 is 11.8 Å².